The molecule has 2 aromatic rings. The van der Waals surface area contributed by atoms with E-state index in [2.05, 4.69) is 15.4 Å². The number of nitrogens with zero attached hydrogens (tertiary/aromatic N) is 2. The fourth-order valence-electron chi connectivity index (χ4n) is 2.82. The minimum absolute atomic E-state index is 0.0281. The van der Waals surface area contributed by atoms with Crippen molar-refractivity contribution in [2.24, 2.45) is 0 Å². The van der Waals surface area contributed by atoms with Crippen LogP contribution in [0.15, 0.2) is 28.8 Å². The number of methoxy groups -OCH3 is 1. The summed E-state index contributed by atoms with van der Waals surface area (Å²) in [6.45, 7) is 4.33. The lowest BCUT2D eigenvalue weighted by Gasteiger charge is -2.25. The Kier molecular flexibility index (Phi) is 6.58. The van der Waals surface area contributed by atoms with Gasteiger partial charge in [-0.2, -0.15) is 0 Å². The number of nitrogens with one attached hydrogen (secondary N) is 1. The molecule has 0 radical (unpaired) electrons. The molecule has 0 saturated carbocycles. The van der Waals surface area contributed by atoms with Crippen LogP contribution in [0.2, 0.25) is 0 Å². The SMILES string of the molecule is COc1ccc([C@H](CNC(=O)CCc2c(C)noc2C)N(C)C)cc1. The van der Waals surface area contributed by atoms with E-state index < -0.39 is 0 Å². The van der Waals surface area contributed by atoms with Gasteiger partial charge in [-0.05, 0) is 52.1 Å². The molecular weight excluding hydrogens is 318 g/mol. The number of rotatable bonds is 8. The van der Waals surface area contributed by atoms with Gasteiger partial charge in [0.05, 0.1) is 18.8 Å². The first-order valence-corrected chi connectivity index (χ1v) is 8.41. The minimum Gasteiger partial charge on any atom is -0.497 e. The molecule has 6 heteroatoms. The molecule has 1 aromatic heterocycles. The van der Waals surface area contributed by atoms with Gasteiger partial charge in [0.2, 0.25) is 5.91 Å². The number of hydrogen-bond acceptors (Lipinski definition) is 5. The van der Waals surface area contributed by atoms with E-state index in [1.807, 2.05) is 52.2 Å². The van der Waals surface area contributed by atoms with Crippen LogP contribution in [0.1, 0.15) is 35.0 Å². The van der Waals surface area contributed by atoms with Crippen molar-refractivity contribution in [3.8, 4) is 5.75 Å². The van der Waals surface area contributed by atoms with E-state index in [1.165, 1.54) is 0 Å². The van der Waals surface area contributed by atoms with Crippen LogP contribution in [-0.4, -0.2) is 43.7 Å². The first-order valence-electron chi connectivity index (χ1n) is 8.41. The molecule has 0 aliphatic carbocycles. The molecule has 0 spiro atoms. The summed E-state index contributed by atoms with van der Waals surface area (Å²) in [6.07, 6.45) is 1.06. The van der Waals surface area contributed by atoms with Crippen molar-refractivity contribution in [2.45, 2.75) is 32.7 Å². The van der Waals surface area contributed by atoms with Crippen LogP contribution in [0.3, 0.4) is 0 Å². The molecule has 1 heterocycles. The van der Waals surface area contributed by atoms with Crippen molar-refractivity contribution < 1.29 is 14.1 Å². The molecule has 6 nitrogen and oxygen atoms in total. The maximum Gasteiger partial charge on any atom is 0.220 e. The van der Waals surface area contributed by atoms with Crippen LogP contribution in [0.5, 0.6) is 5.75 Å². The lowest BCUT2D eigenvalue weighted by molar-refractivity contribution is -0.121. The third kappa shape index (κ3) is 5.06. The fourth-order valence-corrected chi connectivity index (χ4v) is 2.82. The minimum atomic E-state index is 0.0281. The summed E-state index contributed by atoms with van der Waals surface area (Å²) in [4.78, 5) is 14.3. The highest BCUT2D eigenvalue weighted by Crippen LogP contribution is 2.21. The lowest BCUT2D eigenvalue weighted by Crippen LogP contribution is -2.34. The van der Waals surface area contributed by atoms with Crippen LogP contribution in [0, 0.1) is 13.8 Å². The van der Waals surface area contributed by atoms with Gasteiger partial charge in [0.1, 0.15) is 11.5 Å². The van der Waals surface area contributed by atoms with Gasteiger partial charge in [-0.1, -0.05) is 17.3 Å². The molecule has 1 atom stereocenters. The molecule has 1 amide bonds. The topological polar surface area (TPSA) is 67.6 Å². The fraction of sp³-hybridized carbons (Fsp3) is 0.474. The number of aromatic nitrogens is 1. The summed E-state index contributed by atoms with van der Waals surface area (Å²) in [5.41, 5.74) is 3.01. The molecule has 0 fully saturated rings. The number of amides is 1. The third-order valence-corrected chi connectivity index (χ3v) is 4.40. The van der Waals surface area contributed by atoms with Gasteiger partial charge >= 0.3 is 0 Å². The predicted octanol–water partition coefficient (Wildman–Crippen LogP) is 2.65. The molecule has 2 rings (SSSR count). The van der Waals surface area contributed by atoms with Gasteiger partial charge in [0, 0.05) is 18.5 Å². The van der Waals surface area contributed by atoms with Crippen LogP contribution in [0.4, 0.5) is 0 Å². The molecular formula is C19H27N3O3. The average molecular weight is 345 g/mol. The molecule has 1 N–H and O–H groups in total. The number of ether oxygens (including phenoxy) is 1. The highest BCUT2D eigenvalue weighted by molar-refractivity contribution is 5.76. The van der Waals surface area contributed by atoms with E-state index in [9.17, 15) is 4.79 Å². The Morgan fingerprint density at radius 3 is 2.48 bits per heavy atom. The van der Waals surface area contributed by atoms with Crippen molar-refractivity contribution >= 4 is 5.91 Å². The Morgan fingerprint density at radius 2 is 1.96 bits per heavy atom. The Bertz CT molecular complexity index is 673. The van der Waals surface area contributed by atoms with Crippen molar-refractivity contribution in [3.05, 3.63) is 46.8 Å². The number of aryl methyl sites for hydroxylation is 2. The van der Waals surface area contributed by atoms with Gasteiger partial charge in [0.25, 0.3) is 0 Å². The van der Waals surface area contributed by atoms with Crippen molar-refractivity contribution in [2.75, 3.05) is 27.7 Å². The molecule has 0 saturated heterocycles. The molecule has 136 valence electrons. The second kappa shape index (κ2) is 8.67. The Morgan fingerprint density at radius 1 is 1.28 bits per heavy atom. The zero-order valence-corrected chi connectivity index (χ0v) is 15.6. The number of carbonyl (C=O) groups excluding carboxylic acids is 1. The van der Waals surface area contributed by atoms with Crippen LogP contribution >= 0.6 is 0 Å². The zero-order chi connectivity index (χ0) is 18.4. The summed E-state index contributed by atoms with van der Waals surface area (Å²) >= 11 is 0. The highest BCUT2D eigenvalue weighted by atomic mass is 16.5. The quantitative estimate of drug-likeness (QED) is 0.797. The van der Waals surface area contributed by atoms with Gasteiger partial charge in [0.15, 0.2) is 0 Å². The van der Waals surface area contributed by atoms with E-state index in [-0.39, 0.29) is 11.9 Å². The van der Waals surface area contributed by atoms with Crippen LogP contribution < -0.4 is 10.1 Å². The van der Waals surface area contributed by atoms with Gasteiger partial charge < -0.3 is 19.5 Å². The second-order valence-electron chi connectivity index (χ2n) is 6.36. The lowest BCUT2D eigenvalue weighted by atomic mass is 10.1. The zero-order valence-electron chi connectivity index (χ0n) is 15.6. The highest BCUT2D eigenvalue weighted by Gasteiger charge is 2.16. The summed E-state index contributed by atoms with van der Waals surface area (Å²) in [5, 5.41) is 6.95. The van der Waals surface area contributed by atoms with Crippen molar-refractivity contribution in [1.29, 1.82) is 0 Å². The average Bonchev–Trinajstić information content (AvgIpc) is 2.91. The summed E-state index contributed by atoms with van der Waals surface area (Å²) in [6, 6.07) is 8.03. The predicted molar refractivity (Wildman–Crippen MR) is 96.7 cm³/mol. The first kappa shape index (κ1) is 19.0. The van der Waals surface area contributed by atoms with E-state index >= 15 is 0 Å². The monoisotopic (exact) mass is 345 g/mol. The smallest absolute Gasteiger partial charge is 0.220 e. The molecule has 0 unspecified atom stereocenters. The molecule has 1 aromatic carbocycles. The number of benzene rings is 1. The van der Waals surface area contributed by atoms with Crippen molar-refractivity contribution in [3.63, 3.8) is 0 Å². The Hall–Kier alpha value is -2.34. The van der Waals surface area contributed by atoms with Gasteiger partial charge in [-0.15, -0.1) is 0 Å². The van der Waals surface area contributed by atoms with E-state index in [0.717, 1.165) is 28.3 Å². The molecule has 0 aliphatic rings. The normalized spacial score (nSPS) is 12.2. The molecule has 25 heavy (non-hydrogen) atoms. The first-order chi connectivity index (χ1) is 11.9. The van der Waals surface area contributed by atoms with Crippen LogP contribution in [-0.2, 0) is 11.2 Å². The largest absolute Gasteiger partial charge is 0.497 e. The van der Waals surface area contributed by atoms with Gasteiger partial charge in [-0.25, -0.2) is 0 Å². The Balaban J connectivity index is 1.90. The van der Waals surface area contributed by atoms with Gasteiger partial charge in [-0.3, -0.25) is 4.79 Å². The maximum atomic E-state index is 12.2. The number of hydrogen-bond donors (Lipinski definition) is 1. The molecule has 0 bridgehead atoms. The Labute approximate surface area is 149 Å². The summed E-state index contributed by atoms with van der Waals surface area (Å²) < 4.78 is 10.3. The number of carbonyl (C=O) groups is 1. The molecule has 0 aliphatic heterocycles. The standard InChI is InChI=1S/C19H27N3O3/c1-13-17(14(2)25-21-13)10-11-19(23)20-12-18(22(3)4)15-6-8-16(24-5)9-7-15/h6-9,18H,10-12H2,1-5H3,(H,20,23)/t18-/m0/s1. The van der Waals surface area contributed by atoms with Crippen molar-refractivity contribution in [1.82, 2.24) is 15.4 Å². The van der Waals surface area contributed by atoms with E-state index in [1.54, 1.807) is 7.11 Å². The van der Waals surface area contributed by atoms with E-state index in [4.69, 9.17) is 9.26 Å². The summed E-state index contributed by atoms with van der Waals surface area (Å²) in [7, 11) is 5.66. The number of likely N-dealkylation sites (N-methyl/N-ethyl adjacent to an activating group) is 1. The van der Waals surface area contributed by atoms with E-state index in [0.29, 0.717) is 19.4 Å². The summed E-state index contributed by atoms with van der Waals surface area (Å²) in [5.74, 6) is 1.64. The third-order valence-electron chi connectivity index (χ3n) is 4.40. The van der Waals surface area contributed by atoms with Crippen LogP contribution in [0.25, 0.3) is 0 Å². The maximum absolute atomic E-state index is 12.2. The second-order valence-corrected chi connectivity index (χ2v) is 6.36.